The van der Waals surface area contributed by atoms with Gasteiger partial charge in [0.25, 0.3) is 5.56 Å². The Morgan fingerprint density at radius 1 is 1.15 bits per heavy atom. The predicted molar refractivity (Wildman–Crippen MR) is 125 cm³/mol. The van der Waals surface area contributed by atoms with Gasteiger partial charge < -0.3 is 19.6 Å². The van der Waals surface area contributed by atoms with Gasteiger partial charge in [0.15, 0.2) is 11.6 Å². The first kappa shape index (κ1) is 22.7. The molecule has 1 aromatic heterocycles. The first-order valence-corrected chi connectivity index (χ1v) is 11.0. The zero-order valence-corrected chi connectivity index (χ0v) is 18.8. The lowest BCUT2D eigenvalue weighted by Crippen LogP contribution is -2.31. The van der Waals surface area contributed by atoms with E-state index in [1.54, 1.807) is 12.1 Å². The number of hydrogen-bond donors (Lipinski definition) is 1. The molecule has 9 heteroatoms. The summed E-state index contributed by atoms with van der Waals surface area (Å²) in [6, 6.07) is 9.58. The van der Waals surface area contributed by atoms with E-state index in [9.17, 15) is 19.1 Å². The molecule has 1 aliphatic heterocycles. The van der Waals surface area contributed by atoms with Crippen LogP contribution in [0.15, 0.2) is 41.2 Å². The molecular weight excluding hydrogens is 427 g/mol. The van der Waals surface area contributed by atoms with E-state index in [0.29, 0.717) is 16.5 Å². The number of aliphatic carboxylic acids is 1. The molecule has 0 saturated carbocycles. The monoisotopic (exact) mass is 454 g/mol. The van der Waals surface area contributed by atoms with Crippen molar-refractivity contribution in [2.75, 3.05) is 44.7 Å². The molecule has 0 aliphatic carbocycles. The van der Waals surface area contributed by atoms with Crippen molar-refractivity contribution in [3.8, 4) is 17.1 Å². The summed E-state index contributed by atoms with van der Waals surface area (Å²) in [6.07, 6.45) is 1.03. The van der Waals surface area contributed by atoms with E-state index in [0.717, 1.165) is 49.4 Å². The number of aromatic nitrogens is 2. The van der Waals surface area contributed by atoms with Crippen LogP contribution in [0.4, 0.5) is 10.1 Å². The number of hydrogen-bond acceptors (Lipinski definition) is 6. The second-order valence-electron chi connectivity index (χ2n) is 8.05. The van der Waals surface area contributed by atoms with Gasteiger partial charge in [-0.15, -0.1) is 0 Å². The van der Waals surface area contributed by atoms with Crippen molar-refractivity contribution < 1.29 is 19.0 Å². The molecule has 2 heterocycles. The summed E-state index contributed by atoms with van der Waals surface area (Å²) in [5.41, 5.74) is 1.31. The van der Waals surface area contributed by atoms with E-state index < -0.39 is 23.9 Å². The van der Waals surface area contributed by atoms with Crippen molar-refractivity contribution in [1.82, 2.24) is 14.5 Å². The van der Waals surface area contributed by atoms with Crippen LogP contribution in [0.2, 0.25) is 0 Å². The first-order chi connectivity index (χ1) is 15.9. The molecule has 0 atom stereocenters. The minimum Gasteiger partial charge on any atom is -0.494 e. The highest BCUT2D eigenvalue weighted by Crippen LogP contribution is 2.27. The molecule has 33 heavy (non-hydrogen) atoms. The zero-order chi connectivity index (χ0) is 23.5. The van der Waals surface area contributed by atoms with Crippen molar-refractivity contribution >= 4 is 22.6 Å². The van der Waals surface area contributed by atoms with Crippen LogP contribution in [0.3, 0.4) is 0 Å². The number of carbonyl (C=O) groups is 1. The SMILES string of the molecule is CCN1CCCN(c2ccc3nc(-c4ccc(F)c(OC)c4)n(CC(=O)O)c(=O)c3c2)CC1. The number of benzene rings is 2. The minimum atomic E-state index is -1.17. The van der Waals surface area contributed by atoms with Gasteiger partial charge in [0.1, 0.15) is 12.4 Å². The lowest BCUT2D eigenvalue weighted by Gasteiger charge is -2.23. The van der Waals surface area contributed by atoms with E-state index in [1.165, 1.54) is 25.3 Å². The lowest BCUT2D eigenvalue weighted by molar-refractivity contribution is -0.137. The smallest absolute Gasteiger partial charge is 0.323 e. The van der Waals surface area contributed by atoms with Gasteiger partial charge in [0, 0.05) is 30.9 Å². The molecule has 3 aromatic rings. The number of halogens is 1. The summed E-state index contributed by atoms with van der Waals surface area (Å²) in [4.78, 5) is 34.2. The molecule has 4 rings (SSSR count). The summed E-state index contributed by atoms with van der Waals surface area (Å²) < 4.78 is 20.1. The summed E-state index contributed by atoms with van der Waals surface area (Å²) in [6.45, 7) is 6.31. The number of anilines is 1. The normalized spacial score (nSPS) is 14.9. The number of methoxy groups -OCH3 is 1. The van der Waals surface area contributed by atoms with Crippen molar-refractivity contribution in [3.63, 3.8) is 0 Å². The first-order valence-electron chi connectivity index (χ1n) is 11.0. The van der Waals surface area contributed by atoms with Gasteiger partial charge in [-0.1, -0.05) is 6.92 Å². The van der Waals surface area contributed by atoms with Crippen LogP contribution in [0, 0.1) is 5.82 Å². The van der Waals surface area contributed by atoms with Crippen molar-refractivity contribution in [1.29, 1.82) is 0 Å². The molecule has 1 aliphatic rings. The average Bonchev–Trinajstić information content (AvgIpc) is 3.06. The molecule has 8 nitrogen and oxygen atoms in total. The van der Waals surface area contributed by atoms with E-state index in [-0.39, 0.29) is 11.6 Å². The highest BCUT2D eigenvalue weighted by molar-refractivity contribution is 5.84. The second-order valence-corrected chi connectivity index (χ2v) is 8.05. The topological polar surface area (TPSA) is 87.9 Å². The summed E-state index contributed by atoms with van der Waals surface area (Å²) in [5.74, 6) is -1.59. The largest absolute Gasteiger partial charge is 0.494 e. The maximum Gasteiger partial charge on any atom is 0.323 e. The highest BCUT2D eigenvalue weighted by Gasteiger charge is 2.19. The van der Waals surface area contributed by atoms with Crippen LogP contribution >= 0.6 is 0 Å². The Hall–Kier alpha value is -3.46. The fraction of sp³-hybridized carbons (Fsp3) is 0.375. The predicted octanol–water partition coefficient (Wildman–Crippen LogP) is 2.83. The van der Waals surface area contributed by atoms with Crippen molar-refractivity contribution in [2.24, 2.45) is 0 Å². The molecule has 1 saturated heterocycles. The number of carboxylic acids is 1. The molecule has 0 radical (unpaired) electrons. The Bertz CT molecular complexity index is 1240. The van der Waals surface area contributed by atoms with E-state index in [4.69, 9.17) is 4.74 Å². The highest BCUT2D eigenvalue weighted by atomic mass is 19.1. The number of nitrogens with zero attached hydrogens (tertiary/aromatic N) is 4. The molecular formula is C24H27FN4O4. The van der Waals surface area contributed by atoms with Crippen LogP contribution in [-0.4, -0.2) is 65.4 Å². The molecule has 1 N–H and O–H groups in total. The number of rotatable bonds is 6. The van der Waals surface area contributed by atoms with Gasteiger partial charge in [-0.25, -0.2) is 9.37 Å². The van der Waals surface area contributed by atoms with E-state index in [2.05, 4.69) is 21.7 Å². The molecule has 0 unspecified atom stereocenters. The van der Waals surface area contributed by atoms with Gasteiger partial charge in [0.05, 0.1) is 18.0 Å². The Labute approximate surface area is 190 Å². The standard InChI is InChI=1S/C24H27FN4O4/c1-3-27-9-4-10-28(12-11-27)17-6-8-20-18(14-17)24(32)29(15-22(30)31)23(26-20)16-5-7-19(25)21(13-16)33-2/h5-8,13-14H,3-4,9-12,15H2,1-2H3,(H,30,31). The van der Waals surface area contributed by atoms with Gasteiger partial charge in [0.2, 0.25) is 0 Å². The molecule has 2 aromatic carbocycles. The number of fused-ring (bicyclic) bond motifs is 1. The molecule has 174 valence electrons. The summed E-state index contributed by atoms with van der Waals surface area (Å²) >= 11 is 0. The zero-order valence-electron chi connectivity index (χ0n) is 18.8. The minimum absolute atomic E-state index is 0.0126. The van der Waals surface area contributed by atoms with Crippen molar-refractivity contribution in [2.45, 2.75) is 19.9 Å². The van der Waals surface area contributed by atoms with Crippen LogP contribution < -0.4 is 15.2 Å². The Balaban J connectivity index is 1.82. The van der Waals surface area contributed by atoms with Gasteiger partial charge in [-0.3, -0.25) is 14.2 Å². The fourth-order valence-corrected chi connectivity index (χ4v) is 4.25. The Kier molecular flexibility index (Phi) is 6.60. The molecule has 1 fully saturated rings. The second kappa shape index (κ2) is 9.58. The lowest BCUT2D eigenvalue weighted by atomic mass is 10.1. The summed E-state index contributed by atoms with van der Waals surface area (Å²) in [5, 5.41) is 9.78. The van der Waals surface area contributed by atoms with E-state index in [1.807, 2.05) is 6.07 Å². The number of ether oxygens (including phenoxy) is 1. The fourth-order valence-electron chi connectivity index (χ4n) is 4.25. The van der Waals surface area contributed by atoms with Crippen LogP contribution in [0.5, 0.6) is 5.75 Å². The Morgan fingerprint density at radius 2 is 1.97 bits per heavy atom. The maximum atomic E-state index is 13.9. The van der Waals surface area contributed by atoms with Crippen molar-refractivity contribution in [3.05, 3.63) is 52.6 Å². The van der Waals surface area contributed by atoms with Crippen LogP contribution in [0.25, 0.3) is 22.3 Å². The third kappa shape index (κ3) is 4.68. The third-order valence-electron chi connectivity index (χ3n) is 6.04. The molecule has 0 spiro atoms. The Morgan fingerprint density at radius 3 is 2.70 bits per heavy atom. The average molecular weight is 455 g/mol. The molecule has 0 amide bonds. The van der Waals surface area contributed by atoms with Gasteiger partial charge in [-0.05, 0) is 55.9 Å². The van der Waals surface area contributed by atoms with E-state index >= 15 is 0 Å². The molecule has 0 bridgehead atoms. The number of likely N-dealkylation sites (N-methyl/N-ethyl adjacent to an activating group) is 1. The van der Waals surface area contributed by atoms with Gasteiger partial charge in [-0.2, -0.15) is 0 Å². The quantitative estimate of drug-likeness (QED) is 0.613. The third-order valence-corrected chi connectivity index (χ3v) is 6.04. The van der Waals surface area contributed by atoms with Crippen LogP contribution in [-0.2, 0) is 11.3 Å². The maximum absolute atomic E-state index is 13.9. The summed E-state index contributed by atoms with van der Waals surface area (Å²) in [7, 11) is 1.34. The number of carboxylic acid groups (broad SMARTS) is 1. The van der Waals surface area contributed by atoms with Crippen LogP contribution in [0.1, 0.15) is 13.3 Å². The van der Waals surface area contributed by atoms with Gasteiger partial charge >= 0.3 is 5.97 Å².